The van der Waals surface area contributed by atoms with Gasteiger partial charge >= 0.3 is 5.97 Å². The number of hydrogen-bond acceptors (Lipinski definition) is 3. The first-order valence-corrected chi connectivity index (χ1v) is 9.83. The molecule has 5 rings (SSSR count). The molecule has 3 nitrogen and oxygen atoms in total. The molecule has 0 N–H and O–H groups in total. The highest BCUT2D eigenvalue weighted by atomic mass is 16.5. The molecule has 4 atom stereocenters. The van der Waals surface area contributed by atoms with E-state index in [-0.39, 0.29) is 23.3 Å². The van der Waals surface area contributed by atoms with Crippen LogP contribution < -0.4 is 0 Å². The van der Waals surface area contributed by atoms with Crippen molar-refractivity contribution in [3.05, 3.63) is 47.5 Å². The van der Waals surface area contributed by atoms with Crippen molar-refractivity contribution in [2.24, 2.45) is 11.3 Å². The van der Waals surface area contributed by atoms with Crippen LogP contribution in [0.25, 0.3) is 0 Å². The molecular weight excluding hydrogens is 310 g/mol. The molecule has 134 valence electrons. The van der Waals surface area contributed by atoms with Gasteiger partial charge in [-0.05, 0) is 45.1 Å². The van der Waals surface area contributed by atoms with E-state index in [0.717, 1.165) is 13.0 Å². The van der Waals surface area contributed by atoms with Gasteiger partial charge in [0, 0.05) is 24.0 Å². The molecule has 1 saturated heterocycles. The number of fused-ring (bicyclic) bond motifs is 2. The zero-order valence-electron chi connectivity index (χ0n) is 15.4. The molecule has 2 heterocycles. The van der Waals surface area contributed by atoms with E-state index in [4.69, 9.17) is 4.74 Å². The van der Waals surface area contributed by atoms with Gasteiger partial charge in [-0.25, -0.2) is 0 Å². The minimum atomic E-state index is -0.0123. The molecule has 1 aromatic carbocycles. The smallest absolute Gasteiger partial charge is 0.310 e. The molecular formula is C22H29NO2. The lowest BCUT2D eigenvalue weighted by atomic mass is 9.54. The Bertz CT molecular complexity index is 668. The molecule has 3 heteroatoms. The van der Waals surface area contributed by atoms with Crippen molar-refractivity contribution in [1.29, 1.82) is 0 Å². The first-order valence-electron chi connectivity index (χ1n) is 9.83. The number of nitrogens with zero attached hydrogens (tertiary/aromatic N) is 1. The number of carbonyl (C=O) groups excluding carboxylic acids is 1. The summed E-state index contributed by atoms with van der Waals surface area (Å²) < 4.78 is 5.45. The van der Waals surface area contributed by atoms with Crippen LogP contribution in [0.1, 0.15) is 51.5 Å². The van der Waals surface area contributed by atoms with Gasteiger partial charge in [0.05, 0.1) is 12.5 Å². The lowest BCUT2D eigenvalue weighted by molar-refractivity contribution is -0.158. The molecule has 2 aliphatic heterocycles. The largest absolute Gasteiger partial charge is 0.466 e. The van der Waals surface area contributed by atoms with Crippen LogP contribution in [0.3, 0.4) is 0 Å². The normalized spacial score (nSPS) is 34.3. The maximum atomic E-state index is 12.7. The van der Waals surface area contributed by atoms with Crippen LogP contribution >= 0.6 is 0 Å². The second-order valence-electron chi connectivity index (χ2n) is 7.94. The van der Waals surface area contributed by atoms with Crippen molar-refractivity contribution in [3.63, 3.8) is 0 Å². The number of esters is 1. The SMILES string of the molecule is CCOC(=O)C1CC23CCCCC2=CC1N(Cc1ccccc1)C3C. The van der Waals surface area contributed by atoms with Crippen LogP contribution in [0, 0.1) is 11.3 Å². The Hall–Kier alpha value is -1.61. The molecule has 0 aromatic heterocycles. The summed E-state index contributed by atoms with van der Waals surface area (Å²) in [6.45, 7) is 5.67. The third kappa shape index (κ3) is 2.73. The predicted octanol–water partition coefficient (Wildman–Crippen LogP) is 4.33. The van der Waals surface area contributed by atoms with Crippen molar-refractivity contribution in [1.82, 2.24) is 4.90 Å². The van der Waals surface area contributed by atoms with E-state index in [2.05, 4.69) is 48.2 Å². The molecule has 2 fully saturated rings. The third-order valence-corrected chi connectivity index (χ3v) is 6.80. The summed E-state index contributed by atoms with van der Waals surface area (Å²) in [5, 5.41) is 0. The molecule has 1 spiro atoms. The van der Waals surface area contributed by atoms with Gasteiger partial charge in [0.2, 0.25) is 0 Å². The molecule has 4 aliphatic rings. The van der Waals surface area contributed by atoms with E-state index in [1.807, 2.05) is 6.92 Å². The molecule has 25 heavy (non-hydrogen) atoms. The number of rotatable bonds is 4. The second kappa shape index (κ2) is 6.60. The monoisotopic (exact) mass is 339 g/mol. The number of piperidine rings is 1. The number of benzene rings is 1. The maximum absolute atomic E-state index is 12.7. The van der Waals surface area contributed by atoms with E-state index in [0.29, 0.717) is 12.6 Å². The van der Waals surface area contributed by atoms with Gasteiger partial charge in [-0.1, -0.05) is 48.4 Å². The fourth-order valence-electron chi connectivity index (χ4n) is 5.54. The molecule has 2 aliphatic carbocycles. The highest BCUT2D eigenvalue weighted by molar-refractivity contribution is 5.75. The maximum Gasteiger partial charge on any atom is 0.310 e. The van der Waals surface area contributed by atoms with Crippen molar-refractivity contribution < 1.29 is 9.53 Å². The first kappa shape index (κ1) is 16.8. The average molecular weight is 339 g/mol. The zero-order chi connectivity index (χ0) is 17.4. The van der Waals surface area contributed by atoms with Gasteiger partial charge in [-0.2, -0.15) is 0 Å². The number of hydrogen-bond donors (Lipinski definition) is 0. The van der Waals surface area contributed by atoms with Crippen molar-refractivity contribution in [2.75, 3.05) is 6.61 Å². The summed E-state index contributed by atoms with van der Waals surface area (Å²) in [4.78, 5) is 15.3. The van der Waals surface area contributed by atoms with Crippen LogP contribution in [0.15, 0.2) is 42.0 Å². The lowest BCUT2D eigenvalue weighted by Gasteiger charge is -2.61. The van der Waals surface area contributed by atoms with Crippen LogP contribution in [0.4, 0.5) is 0 Å². The van der Waals surface area contributed by atoms with Gasteiger partial charge in [0.1, 0.15) is 0 Å². The molecule has 0 amide bonds. The summed E-state index contributed by atoms with van der Waals surface area (Å²) in [6, 6.07) is 11.3. The summed E-state index contributed by atoms with van der Waals surface area (Å²) in [7, 11) is 0. The van der Waals surface area contributed by atoms with E-state index in [1.165, 1.54) is 31.2 Å². The zero-order valence-corrected chi connectivity index (χ0v) is 15.4. The number of carbonyl (C=O) groups is 1. The standard InChI is InChI=1S/C22H29NO2/c1-3-25-21(24)19-14-22-12-8-7-11-18(22)13-20(19)23(16(22)2)15-17-9-5-4-6-10-17/h4-6,9-10,13,16,19-20H,3,7-8,11-12,14-15H2,1-2H3. The second-order valence-corrected chi connectivity index (χ2v) is 7.94. The van der Waals surface area contributed by atoms with Gasteiger partial charge in [-0.3, -0.25) is 9.69 Å². The quantitative estimate of drug-likeness (QED) is 0.604. The van der Waals surface area contributed by atoms with Gasteiger partial charge in [0.25, 0.3) is 0 Å². The van der Waals surface area contributed by atoms with Gasteiger partial charge < -0.3 is 4.74 Å². The third-order valence-electron chi connectivity index (χ3n) is 6.80. The van der Waals surface area contributed by atoms with Crippen LogP contribution in [0.2, 0.25) is 0 Å². The molecule has 1 saturated carbocycles. The fraction of sp³-hybridized carbons (Fsp3) is 0.591. The number of ether oxygens (including phenoxy) is 1. The first-order chi connectivity index (χ1) is 12.2. The summed E-state index contributed by atoms with van der Waals surface area (Å²) in [5.74, 6) is -0.0144. The summed E-state index contributed by atoms with van der Waals surface area (Å²) in [5.41, 5.74) is 3.13. The van der Waals surface area contributed by atoms with Crippen molar-refractivity contribution >= 4 is 5.97 Å². The topological polar surface area (TPSA) is 29.5 Å². The fourth-order valence-corrected chi connectivity index (χ4v) is 5.54. The van der Waals surface area contributed by atoms with Crippen molar-refractivity contribution in [3.8, 4) is 0 Å². The van der Waals surface area contributed by atoms with Crippen LogP contribution in [-0.2, 0) is 16.1 Å². The highest BCUT2D eigenvalue weighted by Crippen LogP contribution is 2.58. The summed E-state index contributed by atoms with van der Waals surface area (Å²) in [6.07, 6.45) is 8.43. The Morgan fingerprint density at radius 3 is 2.84 bits per heavy atom. The highest BCUT2D eigenvalue weighted by Gasteiger charge is 2.57. The minimum absolute atomic E-state index is 0.00212. The minimum Gasteiger partial charge on any atom is -0.466 e. The Morgan fingerprint density at radius 2 is 2.08 bits per heavy atom. The van der Waals surface area contributed by atoms with E-state index in [9.17, 15) is 4.79 Å². The summed E-state index contributed by atoms with van der Waals surface area (Å²) >= 11 is 0. The van der Waals surface area contributed by atoms with Crippen LogP contribution in [0.5, 0.6) is 0 Å². The predicted molar refractivity (Wildman–Crippen MR) is 99.0 cm³/mol. The Balaban J connectivity index is 1.70. The Morgan fingerprint density at radius 1 is 1.28 bits per heavy atom. The van der Waals surface area contributed by atoms with Crippen LogP contribution in [-0.4, -0.2) is 29.6 Å². The average Bonchev–Trinajstić information content (AvgIpc) is 2.64. The van der Waals surface area contributed by atoms with Crippen molar-refractivity contribution in [2.45, 2.75) is 64.6 Å². The molecule has 2 bridgehead atoms. The molecule has 4 unspecified atom stereocenters. The van der Waals surface area contributed by atoms with E-state index >= 15 is 0 Å². The Labute approximate surface area is 151 Å². The van der Waals surface area contributed by atoms with Gasteiger partial charge in [0.15, 0.2) is 0 Å². The van der Waals surface area contributed by atoms with E-state index < -0.39 is 0 Å². The molecule has 1 aromatic rings. The lowest BCUT2D eigenvalue weighted by Crippen LogP contribution is -2.64. The van der Waals surface area contributed by atoms with Gasteiger partial charge in [-0.15, -0.1) is 0 Å². The van der Waals surface area contributed by atoms with E-state index in [1.54, 1.807) is 5.57 Å². The molecule has 0 radical (unpaired) electrons. The Kier molecular flexibility index (Phi) is 4.45.